The lowest BCUT2D eigenvalue weighted by molar-refractivity contribution is -0.129. The van der Waals surface area contributed by atoms with Crippen LogP contribution in [0, 0.1) is 0 Å². The summed E-state index contributed by atoms with van der Waals surface area (Å²) in [6.07, 6.45) is 0.898. The quantitative estimate of drug-likeness (QED) is 0.525. The van der Waals surface area contributed by atoms with Crippen molar-refractivity contribution in [3.63, 3.8) is 0 Å². The van der Waals surface area contributed by atoms with Gasteiger partial charge in [-0.2, -0.15) is 0 Å². The Labute approximate surface area is 171 Å². The summed E-state index contributed by atoms with van der Waals surface area (Å²) in [6, 6.07) is 14.0. The van der Waals surface area contributed by atoms with E-state index in [1.165, 1.54) is 22.9 Å². The lowest BCUT2D eigenvalue weighted by atomic mass is 10.00. The molecule has 0 aliphatic carbocycles. The van der Waals surface area contributed by atoms with Gasteiger partial charge in [-0.1, -0.05) is 36.0 Å². The number of hydrogen-bond acceptors (Lipinski definition) is 6. The van der Waals surface area contributed by atoms with Crippen molar-refractivity contribution in [3.8, 4) is 5.75 Å². The number of aromatic nitrogens is 4. The molecule has 0 atom stereocenters. The highest BCUT2D eigenvalue weighted by atomic mass is 32.2. The summed E-state index contributed by atoms with van der Waals surface area (Å²) < 4.78 is 5.28. The monoisotopic (exact) mass is 405 g/mol. The third kappa shape index (κ3) is 3.40. The van der Waals surface area contributed by atoms with Gasteiger partial charge in [-0.15, -0.1) is 10.2 Å². The predicted octanol–water partition coefficient (Wildman–Crippen LogP) is 3.19. The lowest BCUT2D eigenvalue weighted by Gasteiger charge is -2.28. The third-order valence-electron chi connectivity index (χ3n) is 5.21. The number of aromatic amines is 1. The summed E-state index contributed by atoms with van der Waals surface area (Å²) in [5.74, 6) is 1.14. The molecule has 0 bridgehead atoms. The van der Waals surface area contributed by atoms with Crippen LogP contribution in [-0.4, -0.2) is 50.4 Å². The van der Waals surface area contributed by atoms with E-state index in [1.807, 2.05) is 35.2 Å². The number of benzene rings is 2. The van der Waals surface area contributed by atoms with E-state index in [-0.39, 0.29) is 5.91 Å². The maximum Gasteiger partial charge on any atom is 0.233 e. The molecular formula is C21H19N5O2S. The second-order valence-corrected chi connectivity index (χ2v) is 7.89. The molecule has 1 N–H and O–H groups in total. The number of rotatable bonds is 4. The molecule has 0 saturated heterocycles. The van der Waals surface area contributed by atoms with Gasteiger partial charge in [0.05, 0.1) is 12.9 Å². The highest BCUT2D eigenvalue weighted by Gasteiger charge is 2.21. The Morgan fingerprint density at radius 3 is 2.93 bits per heavy atom. The van der Waals surface area contributed by atoms with Gasteiger partial charge in [0.15, 0.2) is 5.65 Å². The van der Waals surface area contributed by atoms with Crippen LogP contribution in [0.1, 0.15) is 11.1 Å². The van der Waals surface area contributed by atoms with Crippen LogP contribution in [0.25, 0.3) is 22.1 Å². The minimum absolute atomic E-state index is 0.0922. The van der Waals surface area contributed by atoms with Gasteiger partial charge in [-0.05, 0) is 35.7 Å². The van der Waals surface area contributed by atoms with Crippen molar-refractivity contribution in [2.24, 2.45) is 0 Å². The van der Waals surface area contributed by atoms with E-state index < -0.39 is 0 Å². The number of carbonyl (C=O) groups excluding carboxylic acids is 1. The number of fused-ring (bicyclic) bond motifs is 4. The van der Waals surface area contributed by atoms with Crippen molar-refractivity contribution in [1.82, 2.24) is 25.1 Å². The topological polar surface area (TPSA) is 84.0 Å². The molecule has 8 heteroatoms. The molecule has 4 aromatic rings. The van der Waals surface area contributed by atoms with Crippen LogP contribution in [0.2, 0.25) is 0 Å². The normalized spacial score (nSPS) is 13.6. The van der Waals surface area contributed by atoms with E-state index >= 15 is 0 Å². The summed E-state index contributed by atoms with van der Waals surface area (Å²) in [4.78, 5) is 22.4. The van der Waals surface area contributed by atoms with Crippen LogP contribution in [-0.2, 0) is 17.8 Å². The van der Waals surface area contributed by atoms with Crippen LogP contribution >= 0.6 is 11.8 Å². The minimum atomic E-state index is 0.0922. The second kappa shape index (κ2) is 7.36. The zero-order valence-corrected chi connectivity index (χ0v) is 16.7. The highest BCUT2D eigenvalue weighted by molar-refractivity contribution is 7.99. The maximum absolute atomic E-state index is 12.7. The molecule has 0 radical (unpaired) electrons. The average molecular weight is 405 g/mol. The van der Waals surface area contributed by atoms with Gasteiger partial charge < -0.3 is 14.6 Å². The number of amides is 1. The lowest BCUT2D eigenvalue weighted by Crippen LogP contribution is -2.37. The molecular weight excluding hydrogens is 386 g/mol. The van der Waals surface area contributed by atoms with Crippen molar-refractivity contribution in [3.05, 3.63) is 53.6 Å². The summed E-state index contributed by atoms with van der Waals surface area (Å²) in [6.45, 7) is 1.41. The Kier molecular flexibility index (Phi) is 4.55. The van der Waals surface area contributed by atoms with Gasteiger partial charge in [0.1, 0.15) is 11.3 Å². The molecule has 146 valence electrons. The van der Waals surface area contributed by atoms with Crippen molar-refractivity contribution >= 4 is 39.7 Å². The van der Waals surface area contributed by atoms with Crippen molar-refractivity contribution in [1.29, 1.82) is 0 Å². The summed E-state index contributed by atoms with van der Waals surface area (Å²) in [5, 5.41) is 9.93. The standard InChI is InChI=1S/C21H19N5O2S/c1-28-15-6-7-17-16(10-15)19-20(22-17)23-21(25-24-19)29-12-18(27)26-9-8-13-4-2-3-5-14(13)11-26/h2-7,10H,8-9,11-12H2,1H3,(H,22,23,25). The van der Waals surface area contributed by atoms with Crippen LogP contribution in [0.15, 0.2) is 47.6 Å². The maximum atomic E-state index is 12.7. The number of methoxy groups -OCH3 is 1. The van der Waals surface area contributed by atoms with Gasteiger partial charge in [0, 0.05) is 24.0 Å². The third-order valence-corrected chi connectivity index (χ3v) is 6.03. The fraction of sp³-hybridized carbons (Fsp3) is 0.238. The summed E-state index contributed by atoms with van der Waals surface area (Å²) >= 11 is 1.32. The molecule has 7 nitrogen and oxygen atoms in total. The molecule has 1 aliphatic heterocycles. The fourth-order valence-electron chi connectivity index (χ4n) is 3.65. The van der Waals surface area contributed by atoms with E-state index in [0.29, 0.717) is 28.6 Å². The Morgan fingerprint density at radius 1 is 1.21 bits per heavy atom. The zero-order valence-electron chi connectivity index (χ0n) is 15.9. The Balaban J connectivity index is 1.30. The molecule has 29 heavy (non-hydrogen) atoms. The van der Waals surface area contributed by atoms with Crippen LogP contribution in [0.5, 0.6) is 5.75 Å². The Hall–Kier alpha value is -3.13. The van der Waals surface area contributed by atoms with Crippen LogP contribution in [0.3, 0.4) is 0 Å². The number of H-pyrrole nitrogens is 1. The first-order valence-corrected chi connectivity index (χ1v) is 10.4. The van der Waals surface area contributed by atoms with Gasteiger partial charge >= 0.3 is 0 Å². The molecule has 0 fully saturated rings. The molecule has 0 unspecified atom stereocenters. The number of ether oxygens (including phenoxy) is 1. The number of carbonyl (C=O) groups is 1. The molecule has 2 aromatic carbocycles. The SMILES string of the molecule is COc1ccc2[nH]c3nc(SCC(=O)N4CCc5ccccc5C4)nnc3c2c1. The molecule has 1 amide bonds. The van der Waals surface area contributed by atoms with Crippen LogP contribution < -0.4 is 4.74 Å². The largest absolute Gasteiger partial charge is 0.497 e. The van der Waals surface area contributed by atoms with E-state index in [0.717, 1.165) is 29.6 Å². The van der Waals surface area contributed by atoms with E-state index in [1.54, 1.807) is 7.11 Å². The number of thioether (sulfide) groups is 1. The molecule has 2 aromatic heterocycles. The summed E-state index contributed by atoms with van der Waals surface area (Å²) in [5.41, 5.74) is 4.84. The smallest absolute Gasteiger partial charge is 0.233 e. The van der Waals surface area contributed by atoms with Gasteiger partial charge in [-0.3, -0.25) is 4.79 Å². The van der Waals surface area contributed by atoms with E-state index in [9.17, 15) is 4.79 Å². The fourth-order valence-corrected chi connectivity index (χ4v) is 4.34. The second-order valence-electron chi connectivity index (χ2n) is 6.95. The Bertz CT molecular complexity index is 1220. The van der Waals surface area contributed by atoms with E-state index in [4.69, 9.17) is 4.74 Å². The van der Waals surface area contributed by atoms with Gasteiger partial charge in [0.25, 0.3) is 0 Å². The Morgan fingerprint density at radius 2 is 2.07 bits per heavy atom. The van der Waals surface area contributed by atoms with Crippen molar-refractivity contribution < 1.29 is 9.53 Å². The molecule has 5 rings (SSSR count). The van der Waals surface area contributed by atoms with Gasteiger partial charge in [-0.25, -0.2) is 4.98 Å². The zero-order chi connectivity index (χ0) is 19.8. The first-order valence-electron chi connectivity index (χ1n) is 9.39. The average Bonchev–Trinajstić information content (AvgIpc) is 3.14. The first-order chi connectivity index (χ1) is 14.2. The summed E-state index contributed by atoms with van der Waals surface area (Å²) in [7, 11) is 1.63. The number of nitrogens with one attached hydrogen (secondary N) is 1. The van der Waals surface area contributed by atoms with Crippen molar-refractivity contribution in [2.75, 3.05) is 19.4 Å². The molecule has 0 spiro atoms. The minimum Gasteiger partial charge on any atom is -0.497 e. The molecule has 3 heterocycles. The first kappa shape index (κ1) is 17.9. The molecule has 0 saturated carbocycles. The molecule has 1 aliphatic rings. The number of nitrogens with zero attached hydrogens (tertiary/aromatic N) is 4. The number of hydrogen-bond donors (Lipinski definition) is 1. The predicted molar refractivity (Wildman–Crippen MR) is 112 cm³/mol. The van der Waals surface area contributed by atoms with E-state index in [2.05, 4.69) is 32.3 Å². The van der Waals surface area contributed by atoms with Crippen molar-refractivity contribution in [2.45, 2.75) is 18.1 Å². The van der Waals surface area contributed by atoms with Crippen LogP contribution in [0.4, 0.5) is 0 Å². The van der Waals surface area contributed by atoms with Gasteiger partial charge in [0.2, 0.25) is 11.1 Å². The highest BCUT2D eigenvalue weighted by Crippen LogP contribution is 2.27.